The Morgan fingerprint density at radius 2 is 1.41 bits per heavy atom. The quantitative estimate of drug-likeness (QED) is 0.427. The van der Waals surface area contributed by atoms with E-state index in [9.17, 15) is 19.5 Å². The summed E-state index contributed by atoms with van der Waals surface area (Å²) in [7, 11) is 0. The van der Waals surface area contributed by atoms with Crippen molar-refractivity contribution in [3.8, 4) is 0 Å². The van der Waals surface area contributed by atoms with E-state index in [4.69, 9.17) is 4.42 Å². The summed E-state index contributed by atoms with van der Waals surface area (Å²) in [4.78, 5) is 37.2. The van der Waals surface area contributed by atoms with Gasteiger partial charge in [0.15, 0.2) is 0 Å². The van der Waals surface area contributed by atoms with Crippen LogP contribution in [0.25, 0.3) is 6.08 Å². The number of carboxylic acid groups (broad SMARTS) is 1. The Kier molecular flexibility index (Phi) is 7.97. The lowest BCUT2D eigenvalue weighted by molar-refractivity contribution is -0.142. The van der Waals surface area contributed by atoms with Crippen LogP contribution in [-0.2, 0) is 27.2 Å². The summed E-state index contributed by atoms with van der Waals surface area (Å²) >= 11 is 0. The maximum Gasteiger partial charge on any atom is 0.326 e. The van der Waals surface area contributed by atoms with E-state index >= 15 is 0 Å². The fourth-order valence-corrected chi connectivity index (χ4v) is 3.15. The topological polar surface area (TPSA) is 109 Å². The molecule has 0 unspecified atom stereocenters. The average molecular weight is 432 g/mol. The highest BCUT2D eigenvalue weighted by molar-refractivity contribution is 5.96. The third-order valence-electron chi connectivity index (χ3n) is 4.76. The maximum atomic E-state index is 13.0. The number of carboxylic acids is 1. The smallest absolute Gasteiger partial charge is 0.326 e. The van der Waals surface area contributed by atoms with Crippen LogP contribution in [0.4, 0.5) is 0 Å². The van der Waals surface area contributed by atoms with Crippen molar-refractivity contribution in [1.29, 1.82) is 0 Å². The van der Waals surface area contributed by atoms with Gasteiger partial charge in [-0.15, -0.1) is 0 Å². The van der Waals surface area contributed by atoms with Crippen molar-refractivity contribution in [2.24, 2.45) is 0 Å². The van der Waals surface area contributed by atoms with Gasteiger partial charge in [0.05, 0.1) is 6.26 Å². The number of carbonyl (C=O) groups excluding carboxylic acids is 2. The standard InChI is InChI=1S/C25H24N2O5/c28-23(14-13-20-12-7-15-32-20)26-21(16-18-8-3-1-4-9-18)24(29)27-22(25(30)31)17-19-10-5-2-6-11-19/h1-15,21-22H,16-17H2,(H,26,28)(H,27,29)(H,30,31)/b14-13-/t21-,22+/m1/s1. The van der Waals surface area contributed by atoms with E-state index in [0.29, 0.717) is 5.76 Å². The van der Waals surface area contributed by atoms with Gasteiger partial charge in [0.25, 0.3) is 0 Å². The number of hydrogen-bond donors (Lipinski definition) is 3. The van der Waals surface area contributed by atoms with Crippen molar-refractivity contribution in [1.82, 2.24) is 10.6 Å². The molecule has 0 fully saturated rings. The Hall–Kier alpha value is -4.13. The van der Waals surface area contributed by atoms with E-state index in [1.807, 2.05) is 36.4 Å². The van der Waals surface area contributed by atoms with Crippen LogP contribution in [0.5, 0.6) is 0 Å². The molecule has 2 amide bonds. The number of aliphatic carboxylic acids is 1. The first-order valence-electron chi connectivity index (χ1n) is 10.1. The third-order valence-corrected chi connectivity index (χ3v) is 4.76. The largest absolute Gasteiger partial charge is 0.480 e. The molecule has 0 saturated heterocycles. The van der Waals surface area contributed by atoms with E-state index in [1.165, 1.54) is 18.4 Å². The molecule has 0 aliphatic rings. The van der Waals surface area contributed by atoms with E-state index in [0.717, 1.165) is 11.1 Å². The minimum Gasteiger partial charge on any atom is -0.480 e. The molecule has 164 valence electrons. The molecule has 1 heterocycles. The molecule has 3 N–H and O–H groups in total. The van der Waals surface area contributed by atoms with Crippen molar-refractivity contribution >= 4 is 23.9 Å². The van der Waals surface area contributed by atoms with Gasteiger partial charge in [-0.3, -0.25) is 9.59 Å². The van der Waals surface area contributed by atoms with E-state index in [2.05, 4.69) is 10.6 Å². The molecule has 7 nitrogen and oxygen atoms in total. The molecule has 7 heteroatoms. The molecule has 32 heavy (non-hydrogen) atoms. The van der Waals surface area contributed by atoms with Crippen molar-refractivity contribution in [3.63, 3.8) is 0 Å². The summed E-state index contributed by atoms with van der Waals surface area (Å²) in [6, 6.07) is 19.5. The van der Waals surface area contributed by atoms with Crippen molar-refractivity contribution in [2.75, 3.05) is 0 Å². The molecule has 0 bridgehead atoms. The van der Waals surface area contributed by atoms with Gasteiger partial charge in [0.1, 0.15) is 17.8 Å². The van der Waals surface area contributed by atoms with Gasteiger partial charge >= 0.3 is 5.97 Å². The maximum absolute atomic E-state index is 13.0. The average Bonchev–Trinajstić information content (AvgIpc) is 3.32. The number of benzene rings is 2. The summed E-state index contributed by atoms with van der Waals surface area (Å²) < 4.78 is 5.16. The third kappa shape index (κ3) is 6.98. The van der Waals surface area contributed by atoms with Gasteiger partial charge < -0.3 is 20.2 Å². The molecule has 0 aliphatic heterocycles. The molecule has 0 saturated carbocycles. The zero-order valence-electron chi connectivity index (χ0n) is 17.3. The first kappa shape index (κ1) is 22.6. The van der Waals surface area contributed by atoms with Crippen LogP contribution >= 0.6 is 0 Å². The molecule has 0 aliphatic carbocycles. The number of nitrogens with one attached hydrogen (secondary N) is 2. The van der Waals surface area contributed by atoms with Crippen LogP contribution in [0.15, 0.2) is 89.6 Å². The summed E-state index contributed by atoms with van der Waals surface area (Å²) in [5.41, 5.74) is 1.61. The number of carbonyl (C=O) groups is 3. The highest BCUT2D eigenvalue weighted by Crippen LogP contribution is 2.08. The number of amides is 2. The minimum absolute atomic E-state index is 0.131. The van der Waals surface area contributed by atoms with Gasteiger partial charge in [-0.1, -0.05) is 60.7 Å². The van der Waals surface area contributed by atoms with Crippen LogP contribution in [0, 0.1) is 0 Å². The second kappa shape index (κ2) is 11.3. The predicted octanol–water partition coefficient (Wildman–Crippen LogP) is 2.83. The van der Waals surface area contributed by atoms with Crippen LogP contribution in [0.3, 0.4) is 0 Å². The van der Waals surface area contributed by atoms with Crippen molar-refractivity contribution in [3.05, 3.63) is 102 Å². The second-order valence-corrected chi connectivity index (χ2v) is 7.19. The predicted molar refractivity (Wildman–Crippen MR) is 120 cm³/mol. The second-order valence-electron chi connectivity index (χ2n) is 7.19. The number of hydrogen-bond acceptors (Lipinski definition) is 4. The normalized spacial score (nSPS) is 12.8. The van der Waals surface area contributed by atoms with Crippen LogP contribution in [0.1, 0.15) is 16.9 Å². The lowest BCUT2D eigenvalue weighted by Crippen LogP contribution is -2.52. The molecule has 0 radical (unpaired) electrons. The van der Waals surface area contributed by atoms with Crippen molar-refractivity contribution < 1.29 is 23.9 Å². The molecular formula is C25H24N2O5. The Balaban J connectivity index is 1.72. The summed E-state index contributed by atoms with van der Waals surface area (Å²) in [5, 5.41) is 14.8. The van der Waals surface area contributed by atoms with Crippen LogP contribution in [0.2, 0.25) is 0 Å². The van der Waals surface area contributed by atoms with Crippen LogP contribution < -0.4 is 10.6 Å². The first-order valence-corrected chi connectivity index (χ1v) is 10.1. The Morgan fingerprint density at radius 3 is 1.94 bits per heavy atom. The van der Waals surface area contributed by atoms with Gasteiger partial charge in [-0.05, 0) is 29.3 Å². The monoisotopic (exact) mass is 432 g/mol. The Morgan fingerprint density at radius 1 is 0.812 bits per heavy atom. The number of furan rings is 1. The summed E-state index contributed by atoms with van der Waals surface area (Å²) in [6.07, 6.45) is 4.59. The molecule has 0 spiro atoms. The zero-order valence-corrected chi connectivity index (χ0v) is 17.3. The molecule has 1 aromatic heterocycles. The fraction of sp³-hybridized carbons (Fsp3) is 0.160. The number of rotatable bonds is 10. The summed E-state index contributed by atoms with van der Waals surface area (Å²) in [6.45, 7) is 0. The van der Waals surface area contributed by atoms with E-state index in [1.54, 1.807) is 36.4 Å². The molecular weight excluding hydrogens is 408 g/mol. The Bertz CT molecular complexity index is 1050. The van der Waals surface area contributed by atoms with E-state index < -0.39 is 29.9 Å². The first-order chi connectivity index (χ1) is 15.5. The van der Waals surface area contributed by atoms with Gasteiger partial charge in [-0.25, -0.2) is 4.79 Å². The van der Waals surface area contributed by atoms with Crippen LogP contribution in [-0.4, -0.2) is 35.0 Å². The van der Waals surface area contributed by atoms with Gasteiger partial charge in [0, 0.05) is 18.9 Å². The highest BCUT2D eigenvalue weighted by atomic mass is 16.4. The molecule has 3 rings (SSSR count). The van der Waals surface area contributed by atoms with Gasteiger partial charge in [-0.2, -0.15) is 0 Å². The minimum atomic E-state index is -1.15. The van der Waals surface area contributed by atoms with Gasteiger partial charge in [0.2, 0.25) is 11.8 Å². The highest BCUT2D eigenvalue weighted by Gasteiger charge is 2.26. The molecule has 2 atom stereocenters. The molecule has 3 aromatic rings. The van der Waals surface area contributed by atoms with E-state index in [-0.39, 0.29) is 12.8 Å². The lowest BCUT2D eigenvalue weighted by Gasteiger charge is -2.21. The van der Waals surface area contributed by atoms with Crippen molar-refractivity contribution in [2.45, 2.75) is 24.9 Å². The summed E-state index contributed by atoms with van der Waals surface area (Å²) in [5.74, 6) is -1.72. The lowest BCUT2D eigenvalue weighted by atomic mass is 10.0. The molecule has 2 aromatic carbocycles. The zero-order chi connectivity index (χ0) is 22.8. The Labute approximate surface area is 185 Å². The fourth-order valence-electron chi connectivity index (χ4n) is 3.15. The SMILES string of the molecule is O=C(/C=C\c1ccco1)N[C@H](Cc1ccccc1)C(=O)N[C@@H](Cc1ccccc1)C(=O)O.